The maximum absolute atomic E-state index is 12.3. The van der Waals surface area contributed by atoms with Gasteiger partial charge in [-0.1, -0.05) is 24.3 Å². The maximum Gasteiger partial charge on any atom is 0.322 e. The molecule has 12 heteroatoms. The molecular weight excluding hydrogens is 436 g/mol. The van der Waals surface area contributed by atoms with Crippen LogP contribution in [0.5, 0.6) is 0 Å². The minimum atomic E-state index is -1.26. The lowest BCUT2D eigenvalue weighted by Crippen LogP contribution is -2.70. The molecule has 1 saturated heterocycles. The molecule has 1 heterocycles. The van der Waals surface area contributed by atoms with Crippen LogP contribution in [0.1, 0.15) is 24.0 Å². The highest BCUT2D eigenvalue weighted by atomic mass is 16.4. The van der Waals surface area contributed by atoms with Crippen LogP contribution in [0.2, 0.25) is 0 Å². The molecule has 33 heavy (non-hydrogen) atoms. The lowest BCUT2D eigenvalue weighted by atomic mass is 9.68. The van der Waals surface area contributed by atoms with Gasteiger partial charge in [0.1, 0.15) is 18.1 Å². The standard InChI is InChI=1S/C21H28N4O8/c1-21-6-10-4-2-3-5-11(10)15(20(32)33)16(21)24-8-13(18(28)29)22-7-12(17(26)27)23-9-14(25-21)19(30)31/h2-5,12-16,22-25H,6-9H2,1H3,(H,26,27)(H,28,29)(H,30,31)(H,32,33). The van der Waals surface area contributed by atoms with E-state index in [0.29, 0.717) is 5.56 Å². The molecule has 8 N–H and O–H groups in total. The van der Waals surface area contributed by atoms with E-state index < -0.39 is 59.5 Å². The van der Waals surface area contributed by atoms with Crippen molar-refractivity contribution >= 4 is 23.9 Å². The highest BCUT2D eigenvalue weighted by Gasteiger charge is 2.49. The van der Waals surface area contributed by atoms with Crippen LogP contribution in [0.3, 0.4) is 0 Å². The zero-order chi connectivity index (χ0) is 24.3. The third-order valence-corrected chi connectivity index (χ3v) is 6.31. The summed E-state index contributed by atoms with van der Waals surface area (Å²) in [6.07, 6.45) is 0.280. The summed E-state index contributed by atoms with van der Waals surface area (Å²) in [5.74, 6) is -5.92. The summed E-state index contributed by atoms with van der Waals surface area (Å²) in [5, 5.41) is 50.3. The monoisotopic (exact) mass is 464 g/mol. The van der Waals surface area contributed by atoms with Crippen molar-refractivity contribution in [1.82, 2.24) is 21.3 Å². The van der Waals surface area contributed by atoms with Crippen LogP contribution in [0.25, 0.3) is 0 Å². The smallest absolute Gasteiger partial charge is 0.322 e. The Labute approximate surface area is 189 Å². The second kappa shape index (κ2) is 9.83. The van der Waals surface area contributed by atoms with Gasteiger partial charge in [-0.3, -0.25) is 24.5 Å². The zero-order valence-electron chi connectivity index (χ0n) is 17.9. The summed E-state index contributed by atoms with van der Waals surface area (Å²) in [5.41, 5.74) is 0.200. The number of fused-ring (bicyclic) bond motifs is 2. The highest BCUT2D eigenvalue weighted by molar-refractivity contribution is 5.80. The Balaban J connectivity index is 2.06. The van der Waals surface area contributed by atoms with Gasteiger partial charge in [-0.25, -0.2) is 0 Å². The topological polar surface area (TPSA) is 197 Å². The quantitative estimate of drug-likeness (QED) is 0.251. The first-order chi connectivity index (χ1) is 15.5. The van der Waals surface area contributed by atoms with E-state index in [-0.39, 0.29) is 26.1 Å². The van der Waals surface area contributed by atoms with Crippen LogP contribution in [-0.2, 0) is 25.6 Å². The fraction of sp³-hybridized carbons (Fsp3) is 0.524. The molecule has 1 aromatic carbocycles. The van der Waals surface area contributed by atoms with Crippen molar-refractivity contribution in [2.45, 2.75) is 49.0 Å². The van der Waals surface area contributed by atoms with E-state index in [1.807, 2.05) is 0 Å². The molecule has 180 valence electrons. The Hall–Kier alpha value is -3.06. The van der Waals surface area contributed by atoms with E-state index >= 15 is 0 Å². The van der Waals surface area contributed by atoms with Gasteiger partial charge in [-0.05, 0) is 24.5 Å². The molecule has 12 nitrogen and oxygen atoms in total. The Bertz CT molecular complexity index is 941. The normalized spacial score (nSPS) is 32.8. The maximum atomic E-state index is 12.3. The van der Waals surface area contributed by atoms with Crippen molar-refractivity contribution in [3.05, 3.63) is 35.4 Å². The first-order valence-electron chi connectivity index (χ1n) is 10.5. The van der Waals surface area contributed by atoms with E-state index in [4.69, 9.17) is 0 Å². The molecule has 1 aromatic rings. The van der Waals surface area contributed by atoms with Crippen LogP contribution >= 0.6 is 0 Å². The fourth-order valence-electron chi connectivity index (χ4n) is 4.67. The second-order valence-electron chi connectivity index (χ2n) is 8.63. The molecule has 1 fully saturated rings. The summed E-state index contributed by atoms with van der Waals surface area (Å²) in [6, 6.07) is 2.46. The van der Waals surface area contributed by atoms with E-state index in [0.717, 1.165) is 5.56 Å². The number of carbonyl (C=O) groups is 4. The van der Waals surface area contributed by atoms with Gasteiger partial charge in [0.05, 0.1) is 5.92 Å². The number of benzene rings is 1. The van der Waals surface area contributed by atoms with Crippen molar-refractivity contribution in [1.29, 1.82) is 0 Å². The number of nitrogens with one attached hydrogen (secondary N) is 4. The van der Waals surface area contributed by atoms with Crippen LogP contribution in [0.4, 0.5) is 0 Å². The lowest BCUT2D eigenvalue weighted by Gasteiger charge is -2.48. The molecule has 0 radical (unpaired) electrons. The van der Waals surface area contributed by atoms with Crippen LogP contribution in [-0.4, -0.2) is 93.6 Å². The van der Waals surface area contributed by atoms with E-state index in [1.165, 1.54) is 0 Å². The SMILES string of the molecule is CC12Cc3ccccc3C(C(=O)O)C1NCC(C(=O)O)NCC(C(=O)O)NCC(C(=O)O)N2. The molecule has 0 spiro atoms. The average molecular weight is 464 g/mol. The zero-order valence-corrected chi connectivity index (χ0v) is 17.9. The Morgan fingerprint density at radius 3 is 1.85 bits per heavy atom. The minimum Gasteiger partial charge on any atom is -0.481 e. The van der Waals surface area contributed by atoms with Gasteiger partial charge < -0.3 is 36.4 Å². The largest absolute Gasteiger partial charge is 0.481 e. The molecule has 0 aromatic heterocycles. The van der Waals surface area contributed by atoms with Crippen molar-refractivity contribution < 1.29 is 39.6 Å². The van der Waals surface area contributed by atoms with Gasteiger partial charge in [0.2, 0.25) is 0 Å². The molecule has 2 aliphatic rings. The van der Waals surface area contributed by atoms with Gasteiger partial charge in [0.15, 0.2) is 0 Å². The second-order valence-corrected chi connectivity index (χ2v) is 8.63. The van der Waals surface area contributed by atoms with Gasteiger partial charge in [-0.2, -0.15) is 0 Å². The molecule has 1 aliphatic carbocycles. The highest BCUT2D eigenvalue weighted by Crippen LogP contribution is 2.38. The molecule has 6 unspecified atom stereocenters. The number of hydrogen-bond acceptors (Lipinski definition) is 8. The van der Waals surface area contributed by atoms with Gasteiger partial charge in [-0.15, -0.1) is 0 Å². The summed E-state index contributed by atoms with van der Waals surface area (Å²) in [6.45, 7) is 0.949. The summed E-state index contributed by atoms with van der Waals surface area (Å²) >= 11 is 0. The fourth-order valence-corrected chi connectivity index (χ4v) is 4.67. The third-order valence-electron chi connectivity index (χ3n) is 6.31. The lowest BCUT2D eigenvalue weighted by molar-refractivity contribution is -0.143. The molecule has 6 atom stereocenters. The number of carboxylic acids is 4. The van der Waals surface area contributed by atoms with Gasteiger partial charge in [0, 0.05) is 31.2 Å². The first-order valence-corrected chi connectivity index (χ1v) is 10.5. The minimum absolute atomic E-state index is 0.201. The molecule has 3 rings (SSSR count). The summed E-state index contributed by atoms with van der Waals surface area (Å²) < 4.78 is 0. The van der Waals surface area contributed by atoms with Crippen LogP contribution < -0.4 is 21.3 Å². The Morgan fingerprint density at radius 1 is 0.788 bits per heavy atom. The van der Waals surface area contributed by atoms with Crippen molar-refractivity contribution in [2.75, 3.05) is 19.6 Å². The van der Waals surface area contributed by atoms with Crippen molar-refractivity contribution in [3.8, 4) is 0 Å². The average Bonchev–Trinajstić information content (AvgIpc) is 2.72. The molecule has 0 bridgehead atoms. The van der Waals surface area contributed by atoms with Crippen molar-refractivity contribution in [2.24, 2.45) is 0 Å². The third kappa shape index (κ3) is 5.30. The van der Waals surface area contributed by atoms with E-state index in [2.05, 4.69) is 21.3 Å². The molecule has 1 aliphatic heterocycles. The Morgan fingerprint density at radius 2 is 1.30 bits per heavy atom. The first kappa shape index (κ1) is 24.6. The van der Waals surface area contributed by atoms with Crippen molar-refractivity contribution in [3.63, 3.8) is 0 Å². The summed E-state index contributed by atoms with van der Waals surface area (Å²) in [4.78, 5) is 47.7. The molecule has 0 saturated carbocycles. The molecular formula is C21H28N4O8. The van der Waals surface area contributed by atoms with E-state index in [9.17, 15) is 39.6 Å². The number of rotatable bonds is 4. The molecule has 0 amide bonds. The number of carboxylic acid groups (broad SMARTS) is 4. The Kier molecular flexibility index (Phi) is 7.32. The predicted octanol–water partition coefficient (Wildman–Crippen LogP) is -1.73. The number of aliphatic carboxylic acids is 4. The van der Waals surface area contributed by atoms with Gasteiger partial charge in [0.25, 0.3) is 0 Å². The number of hydrogen-bond donors (Lipinski definition) is 8. The predicted molar refractivity (Wildman–Crippen MR) is 114 cm³/mol. The summed E-state index contributed by atoms with van der Waals surface area (Å²) in [7, 11) is 0. The van der Waals surface area contributed by atoms with Crippen LogP contribution in [0.15, 0.2) is 24.3 Å². The van der Waals surface area contributed by atoms with Crippen LogP contribution in [0, 0.1) is 0 Å². The van der Waals surface area contributed by atoms with Gasteiger partial charge >= 0.3 is 23.9 Å². The van der Waals surface area contributed by atoms with E-state index in [1.54, 1.807) is 31.2 Å².